The molecule has 0 bridgehead atoms. The van der Waals surface area contributed by atoms with Crippen LogP contribution in [0.5, 0.6) is 0 Å². The highest BCUT2D eigenvalue weighted by Crippen LogP contribution is 2.18. The van der Waals surface area contributed by atoms with Crippen molar-refractivity contribution in [2.75, 3.05) is 12.3 Å². The molecule has 0 fully saturated rings. The summed E-state index contributed by atoms with van der Waals surface area (Å²) in [4.78, 5) is 9.93. The van der Waals surface area contributed by atoms with Gasteiger partial charge in [-0.05, 0) is 6.07 Å². The summed E-state index contributed by atoms with van der Waals surface area (Å²) < 4.78 is 0. The van der Waals surface area contributed by atoms with Crippen LogP contribution < -0.4 is 11.5 Å². The molecular weight excluding hydrogens is 194 g/mol. The maximum Gasteiger partial charge on any atom is 0.271 e. The molecule has 0 spiro atoms. The van der Waals surface area contributed by atoms with Crippen LogP contribution >= 0.6 is 0 Å². The third-order valence-corrected chi connectivity index (χ3v) is 1.74. The predicted molar refractivity (Wildman–Crippen MR) is 58.1 cm³/mol. The zero-order valence-electron chi connectivity index (χ0n) is 8.06. The van der Waals surface area contributed by atoms with Gasteiger partial charge in [0.2, 0.25) is 0 Å². The van der Waals surface area contributed by atoms with Crippen molar-refractivity contribution in [3.05, 3.63) is 33.9 Å². The van der Waals surface area contributed by atoms with Gasteiger partial charge in [0.1, 0.15) is 0 Å². The van der Waals surface area contributed by atoms with E-state index < -0.39 is 4.92 Å². The number of anilines is 1. The topological polar surface area (TPSA) is 95.2 Å². The number of nitrogen functional groups attached to an aromatic ring is 1. The summed E-state index contributed by atoms with van der Waals surface area (Å²) in [6.45, 7) is 0.486. The predicted octanol–water partition coefficient (Wildman–Crippen LogP) is 0.877. The molecule has 0 amide bonds. The van der Waals surface area contributed by atoms with E-state index in [2.05, 4.69) is 11.8 Å². The lowest BCUT2D eigenvalue weighted by molar-refractivity contribution is -0.384. The van der Waals surface area contributed by atoms with Crippen LogP contribution in [0.15, 0.2) is 18.2 Å². The number of hydrogen-bond donors (Lipinski definition) is 2. The summed E-state index contributed by atoms with van der Waals surface area (Å²) in [5.41, 5.74) is 11.7. The van der Waals surface area contributed by atoms with E-state index in [-0.39, 0.29) is 5.69 Å². The largest absolute Gasteiger partial charge is 0.398 e. The number of nitrogens with zero attached hydrogens (tertiary/aromatic N) is 1. The Balaban J connectivity index is 2.95. The molecule has 0 aliphatic heterocycles. The molecule has 1 rings (SSSR count). The Kier molecular flexibility index (Phi) is 3.66. The second kappa shape index (κ2) is 4.98. The summed E-state index contributed by atoms with van der Waals surface area (Å²) in [6, 6.07) is 4.21. The summed E-state index contributed by atoms with van der Waals surface area (Å²) in [7, 11) is 0. The van der Waals surface area contributed by atoms with E-state index in [0.717, 1.165) is 0 Å². The van der Waals surface area contributed by atoms with Crippen molar-refractivity contribution in [3.63, 3.8) is 0 Å². The van der Waals surface area contributed by atoms with Crippen molar-refractivity contribution in [1.29, 1.82) is 0 Å². The van der Waals surface area contributed by atoms with E-state index in [9.17, 15) is 10.1 Å². The Morgan fingerprint density at radius 1 is 1.47 bits per heavy atom. The highest BCUT2D eigenvalue weighted by Gasteiger charge is 2.06. The van der Waals surface area contributed by atoms with Gasteiger partial charge in [-0.3, -0.25) is 10.1 Å². The first-order valence-electron chi connectivity index (χ1n) is 4.38. The van der Waals surface area contributed by atoms with Crippen LogP contribution in [0.3, 0.4) is 0 Å². The Hall–Kier alpha value is -2.06. The minimum atomic E-state index is -0.493. The van der Waals surface area contributed by atoms with Gasteiger partial charge in [0, 0.05) is 30.7 Å². The molecule has 78 valence electrons. The molecule has 0 saturated carbocycles. The van der Waals surface area contributed by atoms with Crippen molar-refractivity contribution < 1.29 is 4.92 Å². The molecule has 1 aromatic carbocycles. The third-order valence-electron chi connectivity index (χ3n) is 1.74. The van der Waals surface area contributed by atoms with Gasteiger partial charge < -0.3 is 11.5 Å². The van der Waals surface area contributed by atoms with Crippen LogP contribution in [-0.2, 0) is 0 Å². The molecule has 5 nitrogen and oxygen atoms in total. The summed E-state index contributed by atoms with van der Waals surface area (Å²) in [5, 5.41) is 10.4. The average molecular weight is 205 g/mol. The molecule has 5 heteroatoms. The van der Waals surface area contributed by atoms with Crippen LogP contribution in [0.25, 0.3) is 0 Å². The van der Waals surface area contributed by atoms with Crippen molar-refractivity contribution in [2.45, 2.75) is 6.42 Å². The van der Waals surface area contributed by atoms with Gasteiger partial charge in [-0.25, -0.2) is 0 Å². The summed E-state index contributed by atoms with van der Waals surface area (Å²) in [5.74, 6) is 5.62. The van der Waals surface area contributed by atoms with Gasteiger partial charge in [-0.1, -0.05) is 11.8 Å². The SMILES string of the molecule is NCCC#Cc1ccc([N+](=O)[O-])cc1N. The van der Waals surface area contributed by atoms with Crippen molar-refractivity contribution >= 4 is 11.4 Å². The molecule has 0 aliphatic carbocycles. The Labute approximate surface area is 87.2 Å². The van der Waals surface area contributed by atoms with Crippen LogP contribution in [0.2, 0.25) is 0 Å². The molecule has 0 unspecified atom stereocenters. The lowest BCUT2D eigenvalue weighted by atomic mass is 10.1. The molecular formula is C10H11N3O2. The lowest BCUT2D eigenvalue weighted by Gasteiger charge is -1.97. The van der Waals surface area contributed by atoms with E-state index in [0.29, 0.717) is 24.2 Å². The number of nitrogens with two attached hydrogens (primary N) is 2. The van der Waals surface area contributed by atoms with Gasteiger partial charge in [0.05, 0.1) is 10.6 Å². The average Bonchev–Trinajstić information content (AvgIpc) is 2.20. The molecule has 0 aliphatic rings. The molecule has 4 N–H and O–H groups in total. The molecule has 15 heavy (non-hydrogen) atoms. The minimum Gasteiger partial charge on any atom is -0.398 e. The lowest BCUT2D eigenvalue weighted by Crippen LogP contribution is -1.96. The first kappa shape index (κ1) is 11.0. The summed E-state index contributed by atoms with van der Waals surface area (Å²) in [6.07, 6.45) is 0.580. The van der Waals surface area contributed by atoms with Gasteiger partial charge >= 0.3 is 0 Å². The fraction of sp³-hybridized carbons (Fsp3) is 0.200. The smallest absolute Gasteiger partial charge is 0.271 e. The number of rotatable bonds is 2. The number of benzene rings is 1. The van der Waals surface area contributed by atoms with Gasteiger partial charge in [-0.15, -0.1) is 0 Å². The van der Waals surface area contributed by atoms with Crippen LogP contribution in [0.1, 0.15) is 12.0 Å². The van der Waals surface area contributed by atoms with Crippen LogP contribution in [0.4, 0.5) is 11.4 Å². The highest BCUT2D eigenvalue weighted by atomic mass is 16.6. The van der Waals surface area contributed by atoms with Crippen molar-refractivity contribution in [2.24, 2.45) is 5.73 Å². The van der Waals surface area contributed by atoms with Crippen molar-refractivity contribution in [3.8, 4) is 11.8 Å². The zero-order chi connectivity index (χ0) is 11.3. The second-order valence-corrected chi connectivity index (χ2v) is 2.87. The molecule has 0 heterocycles. The monoisotopic (exact) mass is 205 g/mol. The van der Waals surface area contributed by atoms with Gasteiger partial charge in [0.15, 0.2) is 0 Å². The quantitative estimate of drug-likeness (QED) is 0.324. The third kappa shape index (κ3) is 2.97. The fourth-order valence-corrected chi connectivity index (χ4v) is 1.01. The second-order valence-electron chi connectivity index (χ2n) is 2.87. The molecule has 0 aromatic heterocycles. The first-order valence-corrected chi connectivity index (χ1v) is 4.38. The standard InChI is InChI=1S/C10H11N3O2/c11-6-2-1-3-8-4-5-9(13(14)15)7-10(8)12/h4-5,7H,2,6,11-12H2. The van der Waals surface area contributed by atoms with E-state index >= 15 is 0 Å². The number of nitro benzene ring substituents is 1. The van der Waals surface area contributed by atoms with E-state index in [1.165, 1.54) is 18.2 Å². The minimum absolute atomic E-state index is 0.0307. The molecule has 0 saturated heterocycles. The van der Waals surface area contributed by atoms with Crippen molar-refractivity contribution in [1.82, 2.24) is 0 Å². The molecule has 0 atom stereocenters. The zero-order valence-corrected chi connectivity index (χ0v) is 8.06. The van der Waals surface area contributed by atoms with Crippen LogP contribution in [-0.4, -0.2) is 11.5 Å². The van der Waals surface area contributed by atoms with Gasteiger partial charge in [0.25, 0.3) is 5.69 Å². The normalized spacial score (nSPS) is 9.13. The van der Waals surface area contributed by atoms with E-state index in [1.807, 2.05) is 0 Å². The highest BCUT2D eigenvalue weighted by molar-refractivity contribution is 5.60. The van der Waals surface area contributed by atoms with E-state index in [1.54, 1.807) is 0 Å². The number of non-ortho nitro benzene ring substituents is 1. The van der Waals surface area contributed by atoms with Gasteiger partial charge in [-0.2, -0.15) is 0 Å². The fourth-order valence-electron chi connectivity index (χ4n) is 1.01. The summed E-state index contributed by atoms with van der Waals surface area (Å²) >= 11 is 0. The van der Waals surface area contributed by atoms with Crippen LogP contribution in [0, 0.1) is 22.0 Å². The molecule has 0 radical (unpaired) electrons. The Morgan fingerprint density at radius 3 is 2.73 bits per heavy atom. The van der Waals surface area contributed by atoms with E-state index in [4.69, 9.17) is 11.5 Å². The Morgan fingerprint density at radius 2 is 2.20 bits per heavy atom. The maximum atomic E-state index is 10.4. The maximum absolute atomic E-state index is 10.4. The number of hydrogen-bond acceptors (Lipinski definition) is 4. The number of nitro groups is 1. The molecule has 1 aromatic rings. The first-order chi connectivity index (χ1) is 7.15. The Bertz CT molecular complexity index is 432.